The maximum absolute atomic E-state index is 9.49. The fourth-order valence-corrected chi connectivity index (χ4v) is 0.600. The molecule has 51 heavy (non-hydrogen) atoms. The molecule has 0 aromatic rings. The Morgan fingerprint density at radius 2 is 0.490 bits per heavy atom. The van der Waals surface area contributed by atoms with Crippen LogP contribution in [0.5, 0.6) is 0 Å². The Morgan fingerprint density at radius 3 is 0.490 bits per heavy atom. The molecule has 0 aromatic heterocycles. The minimum absolute atomic E-state index is 0.0648. The summed E-state index contributed by atoms with van der Waals surface area (Å²) in [4.78, 5) is 55.9. The normalized spacial score (nSPS) is 8.76. The number of hydrogen-bond donors (Lipinski definition) is 8. The largest absolute Gasteiger partial charge is 0.545 e. The average Bonchev–Trinajstić information content (AvgIpc) is 3.09. The van der Waals surface area contributed by atoms with Gasteiger partial charge in [0.1, 0.15) is 0 Å². The molecule has 0 aliphatic heterocycles. The third-order valence-corrected chi connectivity index (χ3v) is 4.23. The van der Waals surface area contributed by atoms with Crippen molar-refractivity contribution in [1.29, 1.82) is 0 Å². The number of aliphatic hydroxyl groups excluding tert-OH is 8. The number of hydrogen-bond acceptors (Lipinski definition) is 20. The van der Waals surface area contributed by atoms with Gasteiger partial charge in [0.15, 0.2) is 0 Å². The molecule has 298 valence electrons. The van der Waals surface area contributed by atoms with Crippen LogP contribution in [0.2, 0.25) is 0 Å². The zero-order chi connectivity index (χ0) is 43.0. The Bertz CT molecular complexity index is 863. The van der Waals surface area contributed by atoms with Gasteiger partial charge in [-0.15, -0.1) is 0 Å². The molecule has 0 aliphatic carbocycles. The third-order valence-electron chi connectivity index (χ3n) is 4.23. The van der Waals surface area contributed by atoms with E-state index in [-0.39, 0.29) is 16.7 Å². The summed E-state index contributed by atoms with van der Waals surface area (Å²) in [5, 5.41) is 124. The van der Waals surface area contributed by atoms with Crippen LogP contribution in [0.4, 0.5) is 0 Å². The first kappa shape index (κ1) is 64.5. The lowest BCUT2D eigenvalue weighted by atomic mass is 9.93. The second kappa shape index (κ2) is 43.0. The van der Waals surface area contributed by atoms with Gasteiger partial charge < -0.3 is 100 Å². The van der Waals surface area contributed by atoms with Crippen LogP contribution < -0.4 is 30.6 Å². The lowest BCUT2D eigenvalue weighted by molar-refractivity contribution is -0.300. The minimum atomic E-state index is -1.23. The monoisotopic (exact) mass is 740 g/mol. The van der Waals surface area contributed by atoms with Gasteiger partial charge in [-0.2, -0.15) is 0 Å². The van der Waals surface area contributed by atoms with E-state index in [9.17, 15) is 29.7 Å². The lowest BCUT2D eigenvalue weighted by Crippen LogP contribution is -2.37. The third kappa shape index (κ3) is 60.7. The van der Waals surface area contributed by atoms with Gasteiger partial charge in [0.25, 0.3) is 0 Å². The lowest BCUT2D eigenvalue weighted by Gasteiger charge is -2.23. The molecule has 0 bridgehead atoms. The Kier molecular flexibility index (Phi) is 54.3. The highest BCUT2D eigenvalue weighted by Gasteiger charge is 2.27. The predicted octanol–water partition coefficient (Wildman–Crippen LogP) is -9.41. The standard InChI is InChI=1S/2C5H12O4.3C4H6O2.3C3H4O2/c2*6-1-5(2-7,3-8)4-9;3*1-3(2)4(5)6;3*1-2-3(4)5/h2*6-9H,1-4H2;3*1H2,2H3,(H,5,6);3*2H,1H2,(H,4,5)/p-6. The van der Waals surface area contributed by atoms with E-state index in [4.69, 9.17) is 70.6 Å². The van der Waals surface area contributed by atoms with Crippen molar-refractivity contribution in [1.82, 2.24) is 0 Å². The van der Waals surface area contributed by atoms with Gasteiger partial charge in [-0.05, 0) is 55.7 Å². The smallest absolute Gasteiger partial charge is 0.0666 e. The summed E-state index contributed by atoms with van der Waals surface area (Å²) in [6.45, 7) is 18.9. The SMILES string of the molecule is C=C(C)C(=O)[O-].C=C(C)C(=O)[O-].C=C(C)C(=O)[O-].C=CC(=O)[O-].C=CC(=O)[O-].C=CC(=O)[O-].OCC(CO)(CO)CO.OCC(CO)(CO)CO. The molecular formula is C31H48O20-6. The Balaban J connectivity index is -0.0000000699. The number of aliphatic carboxylic acids is 6. The van der Waals surface area contributed by atoms with E-state index in [1.165, 1.54) is 20.8 Å². The summed E-state index contributed by atoms with van der Waals surface area (Å²) in [5.74, 6) is -7.25. The topological polar surface area (TPSA) is 403 Å². The Morgan fingerprint density at radius 1 is 0.412 bits per heavy atom. The van der Waals surface area contributed by atoms with Crippen LogP contribution in [0.1, 0.15) is 20.8 Å². The van der Waals surface area contributed by atoms with Crippen molar-refractivity contribution in [3.05, 3.63) is 74.4 Å². The predicted molar refractivity (Wildman–Crippen MR) is 167 cm³/mol. The first-order chi connectivity index (χ1) is 23.2. The van der Waals surface area contributed by atoms with E-state index in [1.807, 2.05) is 0 Å². The fourth-order valence-electron chi connectivity index (χ4n) is 0.600. The van der Waals surface area contributed by atoms with Crippen LogP contribution in [0.25, 0.3) is 0 Å². The molecule has 0 spiro atoms. The molecule has 20 nitrogen and oxygen atoms in total. The van der Waals surface area contributed by atoms with E-state index in [2.05, 4.69) is 39.5 Å². The molecular weight excluding hydrogens is 692 g/mol. The maximum atomic E-state index is 9.49. The van der Waals surface area contributed by atoms with Crippen LogP contribution in [0.3, 0.4) is 0 Å². The van der Waals surface area contributed by atoms with Gasteiger partial charge in [0.05, 0.1) is 99.5 Å². The molecule has 0 amide bonds. The summed E-state index contributed by atoms with van der Waals surface area (Å²) in [6, 6.07) is 0. The number of rotatable bonds is 14. The summed E-state index contributed by atoms with van der Waals surface area (Å²) in [7, 11) is 0. The molecule has 0 rings (SSSR count). The molecule has 0 aromatic carbocycles. The highest BCUT2D eigenvalue weighted by Crippen LogP contribution is 2.12. The van der Waals surface area contributed by atoms with E-state index < -0.39 is 99.5 Å². The van der Waals surface area contributed by atoms with Crippen LogP contribution in [-0.4, -0.2) is 130 Å². The maximum Gasteiger partial charge on any atom is 0.0666 e. The van der Waals surface area contributed by atoms with Gasteiger partial charge in [-0.1, -0.05) is 39.5 Å². The van der Waals surface area contributed by atoms with Crippen molar-refractivity contribution in [3.63, 3.8) is 0 Å². The molecule has 0 unspecified atom stereocenters. The zero-order valence-electron chi connectivity index (χ0n) is 28.6. The van der Waals surface area contributed by atoms with Gasteiger partial charge in [0.2, 0.25) is 0 Å². The van der Waals surface area contributed by atoms with Crippen molar-refractivity contribution < 1.29 is 100 Å². The van der Waals surface area contributed by atoms with E-state index in [0.717, 1.165) is 18.2 Å². The van der Waals surface area contributed by atoms with E-state index >= 15 is 0 Å². The molecule has 20 heteroatoms. The van der Waals surface area contributed by atoms with Crippen LogP contribution in [0, 0.1) is 10.8 Å². The second-order valence-electron chi connectivity index (χ2n) is 9.04. The Hall–Kier alpha value is -5.06. The van der Waals surface area contributed by atoms with Crippen LogP contribution >= 0.6 is 0 Å². The average molecular weight is 741 g/mol. The molecule has 0 saturated heterocycles. The number of carboxylic acid groups (broad SMARTS) is 6. The quantitative estimate of drug-likeness (QED) is 0.0766. The van der Waals surface area contributed by atoms with E-state index in [1.54, 1.807) is 0 Å². The summed E-state index contributed by atoms with van der Waals surface area (Å²) < 4.78 is 0. The van der Waals surface area contributed by atoms with Crippen LogP contribution in [-0.2, 0) is 28.8 Å². The van der Waals surface area contributed by atoms with E-state index in [0.29, 0.717) is 0 Å². The fraction of sp³-hybridized carbons (Fsp3) is 0.419. The van der Waals surface area contributed by atoms with Crippen LogP contribution in [0.15, 0.2) is 74.4 Å². The molecule has 0 heterocycles. The van der Waals surface area contributed by atoms with Gasteiger partial charge >= 0.3 is 0 Å². The van der Waals surface area contributed by atoms with Gasteiger partial charge in [-0.25, -0.2) is 0 Å². The number of aliphatic hydroxyl groups is 8. The van der Waals surface area contributed by atoms with Crippen molar-refractivity contribution in [2.24, 2.45) is 10.8 Å². The molecule has 0 saturated carbocycles. The second-order valence-corrected chi connectivity index (χ2v) is 9.04. The van der Waals surface area contributed by atoms with Crippen molar-refractivity contribution >= 4 is 35.8 Å². The number of carbonyl (C=O) groups is 6. The zero-order valence-corrected chi connectivity index (χ0v) is 28.6. The molecule has 0 radical (unpaired) electrons. The van der Waals surface area contributed by atoms with Gasteiger partial charge in [0, 0.05) is 0 Å². The Labute approximate surface area is 295 Å². The van der Waals surface area contributed by atoms with Crippen molar-refractivity contribution in [3.8, 4) is 0 Å². The highest BCUT2D eigenvalue weighted by molar-refractivity contribution is 5.83. The molecule has 0 aliphatic rings. The molecule has 0 fully saturated rings. The van der Waals surface area contributed by atoms with Crippen molar-refractivity contribution in [2.75, 3.05) is 52.9 Å². The summed E-state index contributed by atoms with van der Waals surface area (Å²) in [6.07, 6.45) is 2.17. The minimum Gasteiger partial charge on any atom is -0.545 e. The first-order valence-electron chi connectivity index (χ1n) is 13.2. The summed E-state index contributed by atoms with van der Waals surface area (Å²) in [5.41, 5.74) is -2.03. The highest BCUT2D eigenvalue weighted by atomic mass is 16.4. The first-order valence-corrected chi connectivity index (χ1v) is 13.2. The number of carboxylic acids is 6. The van der Waals surface area contributed by atoms with Gasteiger partial charge in [-0.3, -0.25) is 0 Å². The van der Waals surface area contributed by atoms with Crippen molar-refractivity contribution in [2.45, 2.75) is 20.8 Å². The molecule has 0 atom stereocenters. The number of carbonyl (C=O) groups excluding carboxylic acids is 6. The molecule has 8 N–H and O–H groups in total. The summed E-state index contributed by atoms with van der Waals surface area (Å²) >= 11 is 0.